The smallest absolute Gasteiger partial charge is 0.253 e. The summed E-state index contributed by atoms with van der Waals surface area (Å²) in [7, 11) is -2.04. The summed E-state index contributed by atoms with van der Waals surface area (Å²) in [5, 5.41) is 0. The van der Waals surface area contributed by atoms with E-state index in [4.69, 9.17) is 4.74 Å². The molecule has 138 valence electrons. The molecule has 1 amide bonds. The third kappa shape index (κ3) is 3.92. The first kappa shape index (κ1) is 18.9. The van der Waals surface area contributed by atoms with Crippen LogP contribution < -0.4 is 4.74 Å². The van der Waals surface area contributed by atoms with Crippen molar-refractivity contribution in [3.8, 4) is 5.75 Å². The lowest BCUT2D eigenvalue weighted by Crippen LogP contribution is -2.50. The average molecular weight is 439 g/mol. The Hall–Kier alpha value is -1.90. The van der Waals surface area contributed by atoms with Gasteiger partial charge in [-0.2, -0.15) is 4.31 Å². The summed E-state index contributed by atoms with van der Waals surface area (Å²) in [6, 6.07) is 13.5. The molecule has 2 aromatic carbocycles. The first-order valence-corrected chi connectivity index (χ1v) is 10.3. The number of nitrogens with zero attached hydrogens (tertiary/aromatic N) is 2. The van der Waals surface area contributed by atoms with E-state index in [1.54, 1.807) is 29.2 Å². The number of ether oxygens (including phenoxy) is 1. The molecule has 1 aliphatic rings. The van der Waals surface area contributed by atoms with E-state index in [9.17, 15) is 13.2 Å². The number of carbonyl (C=O) groups is 1. The number of methoxy groups -OCH3 is 1. The average Bonchev–Trinajstić information content (AvgIpc) is 2.68. The van der Waals surface area contributed by atoms with Crippen molar-refractivity contribution in [1.29, 1.82) is 0 Å². The van der Waals surface area contributed by atoms with Crippen LogP contribution in [0.15, 0.2) is 57.9 Å². The van der Waals surface area contributed by atoms with Crippen LogP contribution in [0.5, 0.6) is 5.75 Å². The van der Waals surface area contributed by atoms with Gasteiger partial charge in [0.15, 0.2) is 0 Å². The van der Waals surface area contributed by atoms with Gasteiger partial charge in [-0.25, -0.2) is 8.42 Å². The third-order valence-corrected chi connectivity index (χ3v) is 6.76. The van der Waals surface area contributed by atoms with E-state index in [2.05, 4.69) is 15.9 Å². The summed E-state index contributed by atoms with van der Waals surface area (Å²) in [6.45, 7) is 1.28. The minimum Gasteiger partial charge on any atom is -0.497 e. The predicted octanol–water partition coefficient (Wildman–Crippen LogP) is 2.60. The predicted molar refractivity (Wildman–Crippen MR) is 102 cm³/mol. The maximum atomic E-state index is 12.7. The fraction of sp³-hybridized carbons (Fsp3) is 0.278. The topological polar surface area (TPSA) is 66.9 Å². The Morgan fingerprint density at radius 3 is 2.08 bits per heavy atom. The third-order valence-electron chi connectivity index (χ3n) is 4.31. The maximum absolute atomic E-state index is 12.7. The van der Waals surface area contributed by atoms with Crippen LogP contribution in [0, 0.1) is 0 Å². The molecule has 8 heteroatoms. The lowest BCUT2D eigenvalue weighted by atomic mass is 10.2. The number of rotatable bonds is 4. The molecule has 0 unspecified atom stereocenters. The molecule has 0 spiro atoms. The van der Waals surface area contributed by atoms with Crippen LogP contribution >= 0.6 is 15.9 Å². The Morgan fingerprint density at radius 1 is 0.962 bits per heavy atom. The molecule has 0 saturated carbocycles. The summed E-state index contributed by atoms with van der Waals surface area (Å²) in [4.78, 5) is 14.4. The summed E-state index contributed by atoms with van der Waals surface area (Å²) in [5.41, 5.74) is 0.597. The second-order valence-corrected chi connectivity index (χ2v) is 8.73. The fourth-order valence-electron chi connectivity index (χ4n) is 2.80. The van der Waals surface area contributed by atoms with Gasteiger partial charge < -0.3 is 9.64 Å². The Labute approximate surface area is 161 Å². The standard InChI is InChI=1S/C18H19BrN2O4S/c1-25-16-6-8-17(9-7-16)26(23,24)21-12-10-20(11-13-21)18(22)14-2-4-15(19)5-3-14/h2-9H,10-13H2,1H3. The number of halogens is 1. The lowest BCUT2D eigenvalue weighted by molar-refractivity contribution is 0.0698. The molecule has 0 radical (unpaired) electrons. The van der Waals surface area contributed by atoms with Crippen LogP contribution in [0.25, 0.3) is 0 Å². The van der Waals surface area contributed by atoms with Gasteiger partial charge in [0.25, 0.3) is 5.91 Å². The summed E-state index contributed by atoms with van der Waals surface area (Å²) < 4.78 is 32.9. The summed E-state index contributed by atoms with van der Waals surface area (Å²) in [5.74, 6) is 0.521. The number of piperazine rings is 1. The van der Waals surface area contributed by atoms with Crippen LogP contribution in [0.1, 0.15) is 10.4 Å². The zero-order chi connectivity index (χ0) is 18.7. The van der Waals surface area contributed by atoms with Crippen LogP contribution in [0.2, 0.25) is 0 Å². The van der Waals surface area contributed by atoms with Gasteiger partial charge in [-0.1, -0.05) is 15.9 Å². The van der Waals surface area contributed by atoms with Crippen molar-refractivity contribution in [3.05, 3.63) is 58.6 Å². The van der Waals surface area contributed by atoms with E-state index in [-0.39, 0.29) is 23.9 Å². The highest BCUT2D eigenvalue weighted by atomic mass is 79.9. The van der Waals surface area contributed by atoms with Crippen LogP contribution in [-0.4, -0.2) is 56.8 Å². The number of hydrogen-bond acceptors (Lipinski definition) is 4. The lowest BCUT2D eigenvalue weighted by Gasteiger charge is -2.34. The molecule has 26 heavy (non-hydrogen) atoms. The van der Waals surface area contributed by atoms with Gasteiger partial charge in [-0.3, -0.25) is 4.79 Å². The maximum Gasteiger partial charge on any atom is 0.253 e. The van der Waals surface area contributed by atoms with Crippen molar-refractivity contribution in [2.75, 3.05) is 33.3 Å². The number of carbonyl (C=O) groups excluding carboxylic acids is 1. The van der Waals surface area contributed by atoms with Gasteiger partial charge in [0.2, 0.25) is 10.0 Å². The van der Waals surface area contributed by atoms with Crippen molar-refractivity contribution < 1.29 is 17.9 Å². The van der Waals surface area contributed by atoms with Crippen LogP contribution in [0.4, 0.5) is 0 Å². The zero-order valence-corrected chi connectivity index (χ0v) is 16.7. The van der Waals surface area contributed by atoms with Gasteiger partial charge in [-0.05, 0) is 48.5 Å². The van der Waals surface area contributed by atoms with Crippen molar-refractivity contribution in [1.82, 2.24) is 9.21 Å². The van der Waals surface area contributed by atoms with Gasteiger partial charge in [-0.15, -0.1) is 0 Å². The van der Waals surface area contributed by atoms with E-state index < -0.39 is 10.0 Å². The second kappa shape index (κ2) is 7.77. The van der Waals surface area contributed by atoms with Gasteiger partial charge in [0, 0.05) is 36.2 Å². The normalized spacial score (nSPS) is 15.7. The molecular weight excluding hydrogens is 420 g/mol. The Kier molecular flexibility index (Phi) is 5.64. The van der Waals surface area contributed by atoms with E-state index in [1.807, 2.05) is 12.1 Å². The minimum absolute atomic E-state index is 0.0843. The fourth-order valence-corrected chi connectivity index (χ4v) is 4.49. The molecule has 3 rings (SSSR count). The van der Waals surface area contributed by atoms with Gasteiger partial charge in [0.05, 0.1) is 12.0 Å². The van der Waals surface area contributed by atoms with E-state index >= 15 is 0 Å². The number of benzene rings is 2. The number of amides is 1. The first-order chi connectivity index (χ1) is 12.4. The molecule has 0 aliphatic carbocycles. The largest absolute Gasteiger partial charge is 0.497 e. The molecule has 2 aromatic rings. The Morgan fingerprint density at radius 2 is 1.54 bits per heavy atom. The van der Waals surface area contributed by atoms with Crippen LogP contribution in [-0.2, 0) is 10.0 Å². The Balaban J connectivity index is 1.67. The Bertz CT molecular complexity index is 874. The highest BCUT2D eigenvalue weighted by Crippen LogP contribution is 2.21. The van der Waals surface area contributed by atoms with E-state index in [1.165, 1.54) is 23.5 Å². The molecular formula is C18H19BrN2O4S. The second-order valence-electron chi connectivity index (χ2n) is 5.88. The molecule has 1 heterocycles. The van der Waals surface area contributed by atoms with E-state index in [0.717, 1.165) is 4.47 Å². The van der Waals surface area contributed by atoms with Crippen molar-refractivity contribution in [3.63, 3.8) is 0 Å². The van der Waals surface area contributed by atoms with Crippen molar-refractivity contribution in [2.24, 2.45) is 0 Å². The monoisotopic (exact) mass is 438 g/mol. The molecule has 0 aromatic heterocycles. The molecule has 1 saturated heterocycles. The first-order valence-electron chi connectivity index (χ1n) is 8.11. The SMILES string of the molecule is COc1ccc(S(=O)(=O)N2CCN(C(=O)c3ccc(Br)cc3)CC2)cc1. The highest BCUT2D eigenvalue weighted by Gasteiger charge is 2.30. The molecule has 6 nitrogen and oxygen atoms in total. The highest BCUT2D eigenvalue weighted by molar-refractivity contribution is 9.10. The summed E-state index contributed by atoms with van der Waals surface area (Å²) >= 11 is 3.35. The quantitative estimate of drug-likeness (QED) is 0.735. The molecule has 0 atom stereocenters. The van der Waals surface area contributed by atoms with Gasteiger partial charge >= 0.3 is 0 Å². The zero-order valence-electron chi connectivity index (χ0n) is 14.3. The van der Waals surface area contributed by atoms with Crippen molar-refractivity contribution >= 4 is 31.9 Å². The molecule has 0 N–H and O–H groups in total. The van der Waals surface area contributed by atoms with Crippen LogP contribution in [0.3, 0.4) is 0 Å². The number of hydrogen-bond donors (Lipinski definition) is 0. The number of sulfonamides is 1. The van der Waals surface area contributed by atoms with Crippen molar-refractivity contribution in [2.45, 2.75) is 4.90 Å². The van der Waals surface area contributed by atoms with Gasteiger partial charge in [0.1, 0.15) is 5.75 Å². The minimum atomic E-state index is -3.57. The summed E-state index contributed by atoms with van der Waals surface area (Å²) in [6.07, 6.45) is 0. The molecule has 1 fully saturated rings. The molecule has 1 aliphatic heterocycles. The molecule has 0 bridgehead atoms. The van der Waals surface area contributed by atoms with E-state index in [0.29, 0.717) is 24.4 Å².